The van der Waals surface area contributed by atoms with E-state index in [9.17, 15) is 24.9 Å². The van der Waals surface area contributed by atoms with Gasteiger partial charge in [0.15, 0.2) is 11.5 Å². The lowest BCUT2D eigenvalue weighted by Gasteiger charge is -2.37. The molecule has 0 amide bonds. The highest BCUT2D eigenvalue weighted by atomic mass is 16.5. The number of hydrogen-bond donors (Lipinski definition) is 3. The third-order valence-electron chi connectivity index (χ3n) is 4.75. The average Bonchev–Trinajstić information content (AvgIpc) is 2.65. The largest absolute Gasteiger partial charge is 0.493 e. The SMILES string of the molecule is COc1cc(C(O)C2C(C(=O)O)=CC=CC2(C)C(=O)O)cc(OC)c1OC. The Balaban J connectivity index is 2.64. The standard InChI is InChI=1S/C19H22O8/c1-19(18(23)24)7-5-6-11(17(21)22)14(19)15(20)10-8-12(25-2)16(27-4)13(9-10)26-3/h5-9,14-15,20H,1-4H3,(H,21,22)(H,23,24). The van der Waals surface area contributed by atoms with E-state index in [4.69, 9.17) is 14.2 Å². The molecule has 0 heterocycles. The maximum atomic E-state index is 11.9. The van der Waals surface area contributed by atoms with Crippen molar-refractivity contribution in [1.29, 1.82) is 0 Å². The summed E-state index contributed by atoms with van der Waals surface area (Å²) in [6.45, 7) is 1.37. The number of carboxylic acid groups (broad SMARTS) is 2. The minimum atomic E-state index is -1.62. The molecule has 1 aromatic carbocycles. The van der Waals surface area contributed by atoms with Crippen LogP contribution in [0.3, 0.4) is 0 Å². The third-order valence-corrected chi connectivity index (χ3v) is 4.75. The molecular formula is C19H22O8. The number of aliphatic hydroxyl groups excluding tert-OH is 1. The summed E-state index contributed by atoms with van der Waals surface area (Å²) in [4.78, 5) is 23.6. The lowest BCUT2D eigenvalue weighted by molar-refractivity contribution is -0.150. The van der Waals surface area contributed by atoms with Gasteiger partial charge in [-0.2, -0.15) is 0 Å². The van der Waals surface area contributed by atoms with E-state index in [0.717, 1.165) is 0 Å². The van der Waals surface area contributed by atoms with Gasteiger partial charge in [-0.3, -0.25) is 4.79 Å². The van der Waals surface area contributed by atoms with Crippen LogP contribution in [0.5, 0.6) is 17.2 Å². The molecule has 1 aliphatic rings. The van der Waals surface area contributed by atoms with Gasteiger partial charge in [0, 0.05) is 11.5 Å². The molecule has 27 heavy (non-hydrogen) atoms. The van der Waals surface area contributed by atoms with Crippen molar-refractivity contribution in [3.8, 4) is 17.2 Å². The zero-order valence-corrected chi connectivity index (χ0v) is 15.4. The minimum Gasteiger partial charge on any atom is -0.493 e. The van der Waals surface area contributed by atoms with Gasteiger partial charge in [0.05, 0.1) is 32.8 Å². The molecular weight excluding hydrogens is 356 g/mol. The van der Waals surface area contributed by atoms with Crippen molar-refractivity contribution in [3.63, 3.8) is 0 Å². The molecule has 2 rings (SSSR count). The van der Waals surface area contributed by atoms with Gasteiger partial charge in [-0.05, 0) is 24.6 Å². The monoisotopic (exact) mass is 378 g/mol. The normalized spacial score (nSPS) is 22.6. The van der Waals surface area contributed by atoms with Gasteiger partial charge >= 0.3 is 11.9 Å². The predicted molar refractivity (Wildman–Crippen MR) is 95.1 cm³/mol. The van der Waals surface area contributed by atoms with Crippen LogP contribution in [-0.4, -0.2) is 48.6 Å². The van der Waals surface area contributed by atoms with Gasteiger partial charge in [0.2, 0.25) is 5.75 Å². The van der Waals surface area contributed by atoms with Crippen molar-refractivity contribution < 1.29 is 39.1 Å². The molecule has 0 aliphatic heterocycles. The fraction of sp³-hybridized carbons (Fsp3) is 0.368. The Kier molecular flexibility index (Phi) is 5.80. The number of hydrogen-bond acceptors (Lipinski definition) is 6. The number of rotatable bonds is 7. The molecule has 0 spiro atoms. The highest BCUT2D eigenvalue weighted by Crippen LogP contribution is 2.48. The van der Waals surface area contributed by atoms with Gasteiger partial charge < -0.3 is 29.5 Å². The zero-order valence-electron chi connectivity index (χ0n) is 15.4. The second kappa shape index (κ2) is 7.71. The number of carboxylic acids is 2. The van der Waals surface area contributed by atoms with Crippen LogP contribution in [-0.2, 0) is 9.59 Å². The van der Waals surface area contributed by atoms with E-state index in [1.165, 1.54) is 58.6 Å². The maximum Gasteiger partial charge on any atom is 0.332 e. The summed E-state index contributed by atoms with van der Waals surface area (Å²) >= 11 is 0. The van der Waals surface area contributed by atoms with E-state index in [2.05, 4.69) is 0 Å². The number of benzene rings is 1. The number of aliphatic carboxylic acids is 2. The summed E-state index contributed by atoms with van der Waals surface area (Å²) in [6, 6.07) is 2.93. The summed E-state index contributed by atoms with van der Waals surface area (Å²) < 4.78 is 15.7. The second-order valence-corrected chi connectivity index (χ2v) is 6.26. The van der Waals surface area contributed by atoms with Crippen LogP contribution in [0.15, 0.2) is 35.9 Å². The van der Waals surface area contributed by atoms with Crippen LogP contribution in [0.1, 0.15) is 18.6 Å². The van der Waals surface area contributed by atoms with Gasteiger partial charge in [0.1, 0.15) is 0 Å². The van der Waals surface area contributed by atoms with Crippen LogP contribution in [0.25, 0.3) is 0 Å². The Hall–Kier alpha value is -3.00. The Bertz CT molecular complexity index is 785. The van der Waals surface area contributed by atoms with Crippen molar-refractivity contribution in [2.75, 3.05) is 21.3 Å². The van der Waals surface area contributed by atoms with Crippen LogP contribution in [0.4, 0.5) is 0 Å². The first kappa shape index (κ1) is 20.3. The molecule has 8 heteroatoms. The smallest absolute Gasteiger partial charge is 0.332 e. The van der Waals surface area contributed by atoms with E-state index < -0.39 is 29.4 Å². The fourth-order valence-corrected chi connectivity index (χ4v) is 3.25. The van der Waals surface area contributed by atoms with Crippen molar-refractivity contribution >= 4 is 11.9 Å². The quantitative estimate of drug-likeness (QED) is 0.659. The molecule has 0 bridgehead atoms. The predicted octanol–water partition coefficient (Wildman–Crippen LogP) is 2.03. The molecule has 146 valence electrons. The van der Waals surface area contributed by atoms with Crippen molar-refractivity contribution in [2.24, 2.45) is 11.3 Å². The summed E-state index contributed by atoms with van der Waals surface area (Å²) in [6.07, 6.45) is 2.58. The topological polar surface area (TPSA) is 123 Å². The first-order chi connectivity index (χ1) is 12.7. The van der Waals surface area contributed by atoms with Crippen molar-refractivity contribution in [2.45, 2.75) is 13.0 Å². The summed E-state index contributed by atoms with van der Waals surface area (Å²) in [7, 11) is 4.23. The number of ether oxygens (including phenoxy) is 3. The van der Waals surface area contributed by atoms with Crippen LogP contribution in [0.2, 0.25) is 0 Å². The Labute approximate surface area is 156 Å². The zero-order chi connectivity index (χ0) is 20.4. The maximum absolute atomic E-state index is 11.9. The number of carbonyl (C=O) groups is 2. The number of aliphatic hydroxyl groups is 1. The molecule has 0 saturated carbocycles. The third kappa shape index (κ3) is 3.48. The summed E-state index contributed by atoms with van der Waals surface area (Å²) in [5, 5.41) is 30.2. The van der Waals surface area contributed by atoms with E-state index in [1.54, 1.807) is 0 Å². The molecule has 8 nitrogen and oxygen atoms in total. The summed E-state index contributed by atoms with van der Waals surface area (Å²) in [5.74, 6) is -2.97. The Morgan fingerprint density at radius 3 is 2.04 bits per heavy atom. The van der Waals surface area contributed by atoms with Gasteiger partial charge in [-0.15, -0.1) is 0 Å². The van der Waals surface area contributed by atoms with Crippen LogP contribution >= 0.6 is 0 Å². The Morgan fingerprint density at radius 2 is 1.63 bits per heavy atom. The molecule has 0 saturated heterocycles. The molecule has 0 fully saturated rings. The average molecular weight is 378 g/mol. The summed E-state index contributed by atoms with van der Waals surface area (Å²) in [5.41, 5.74) is -1.59. The van der Waals surface area contributed by atoms with Gasteiger partial charge in [0.25, 0.3) is 0 Å². The van der Waals surface area contributed by atoms with Crippen LogP contribution < -0.4 is 14.2 Å². The molecule has 3 unspecified atom stereocenters. The van der Waals surface area contributed by atoms with Gasteiger partial charge in [-0.1, -0.05) is 18.2 Å². The van der Waals surface area contributed by atoms with Crippen molar-refractivity contribution in [1.82, 2.24) is 0 Å². The lowest BCUT2D eigenvalue weighted by atomic mass is 9.66. The molecule has 1 aliphatic carbocycles. The first-order valence-corrected chi connectivity index (χ1v) is 8.05. The van der Waals surface area contributed by atoms with E-state index in [-0.39, 0.29) is 22.6 Å². The van der Waals surface area contributed by atoms with E-state index >= 15 is 0 Å². The van der Waals surface area contributed by atoms with E-state index in [0.29, 0.717) is 5.75 Å². The molecule has 0 aromatic heterocycles. The van der Waals surface area contributed by atoms with Crippen molar-refractivity contribution in [3.05, 3.63) is 41.5 Å². The molecule has 1 aromatic rings. The molecule has 3 atom stereocenters. The number of methoxy groups -OCH3 is 3. The van der Waals surface area contributed by atoms with Crippen LogP contribution in [0, 0.1) is 11.3 Å². The lowest BCUT2D eigenvalue weighted by Crippen LogP contribution is -2.41. The number of allylic oxidation sites excluding steroid dienone is 2. The minimum absolute atomic E-state index is 0.205. The highest BCUT2D eigenvalue weighted by molar-refractivity contribution is 5.91. The fourth-order valence-electron chi connectivity index (χ4n) is 3.25. The molecule has 0 radical (unpaired) electrons. The van der Waals surface area contributed by atoms with E-state index in [1.807, 2.05) is 0 Å². The highest BCUT2D eigenvalue weighted by Gasteiger charge is 2.48. The second-order valence-electron chi connectivity index (χ2n) is 6.26. The first-order valence-electron chi connectivity index (χ1n) is 8.05. The Morgan fingerprint density at radius 1 is 1.07 bits per heavy atom. The van der Waals surface area contributed by atoms with Gasteiger partial charge in [-0.25, -0.2) is 4.79 Å². The molecule has 3 N–H and O–H groups in total.